The number of nitrogens with zero attached hydrogens (tertiary/aromatic N) is 2. The molecule has 0 bridgehead atoms. The van der Waals surface area contributed by atoms with E-state index < -0.39 is 0 Å². The van der Waals surface area contributed by atoms with Crippen molar-refractivity contribution in [3.05, 3.63) is 42.4 Å². The van der Waals surface area contributed by atoms with Crippen LogP contribution in [0, 0.1) is 0 Å². The van der Waals surface area contributed by atoms with Crippen molar-refractivity contribution in [1.29, 1.82) is 0 Å². The van der Waals surface area contributed by atoms with Crippen LogP contribution in [0.25, 0.3) is 11.3 Å². The molecule has 6 heteroatoms. The second-order valence-electron chi connectivity index (χ2n) is 8.62. The first-order chi connectivity index (χ1) is 15.1. The third-order valence-corrected chi connectivity index (χ3v) is 5.97. The monoisotopic (exact) mass is 424 g/mol. The Balaban J connectivity index is 1.58. The maximum Gasteiger partial charge on any atom is 0.221 e. The molecule has 0 aliphatic carbocycles. The molecule has 0 saturated carbocycles. The number of aromatic amines is 1. The first-order valence-electron chi connectivity index (χ1n) is 11.7. The lowest BCUT2D eigenvalue weighted by Crippen LogP contribution is -2.35. The normalized spacial score (nSPS) is 15.5. The first kappa shape index (κ1) is 23.2. The van der Waals surface area contributed by atoms with E-state index in [1.54, 1.807) is 6.92 Å². The van der Waals surface area contributed by atoms with Crippen molar-refractivity contribution in [3.63, 3.8) is 0 Å². The summed E-state index contributed by atoms with van der Waals surface area (Å²) in [7, 11) is 0. The van der Waals surface area contributed by atoms with Gasteiger partial charge in [0.05, 0.1) is 17.9 Å². The third-order valence-electron chi connectivity index (χ3n) is 5.97. The molecule has 0 radical (unpaired) electrons. The van der Waals surface area contributed by atoms with Crippen LogP contribution in [0.15, 0.2) is 36.5 Å². The quantitative estimate of drug-likeness (QED) is 0.486. The molecule has 31 heavy (non-hydrogen) atoms. The van der Waals surface area contributed by atoms with E-state index in [2.05, 4.69) is 20.2 Å². The zero-order valence-corrected chi connectivity index (χ0v) is 18.7. The Morgan fingerprint density at radius 2 is 1.84 bits per heavy atom. The highest BCUT2D eigenvalue weighted by Gasteiger charge is 2.19. The van der Waals surface area contributed by atoms with Gasteiger partial charge in [0.25, 0.3) is 0 Å². The van der Waals surface area contributed by atoms with Gasteiger partial charge < -0.3 is 20.0 Å². The zero-order valence-electron chi connectivity index (χ0n) is 18.7. The number of unbranched alkanes of at least 4 members (excludes halogenated alkanes) is 2. The number of ketones is 1. The molecule has 0 spiro atoms. The van der Waals surface area contributed by atoms with Gasteiger partial charge in [-0.3, -0.25) is 4.79 Å². The number of carbonyl (C=O) groups is 2. The number of likely N-dealkylation sites (tertiary alicyclic amines) is 1. The lowest BCUT2D eigenvalue weighted by molar-refractivity contribution is -0.122. The maximum absolute atomic E-state index is 12.7. The molecule has 168 valence electrons. The predicted octanol–water partition coefficient (Wildman–Crippen LogP) is 4.65. The number of hydrogen-bond acceptors (Lipinski definition) is 4. The Bertz CT molecular complexity index is 812. The van der Waals surface area contributed by atoms with E-state index >= 15 is 0 Å². The summed E-state index contributed by atoms with van der Waals surface area (Å²) in [6.45, 7) is 4.67. The lowest BCUT2D eigenvalue weighted by Gasteiger charge is -2.26. The molecule has 2 heterocycles. The topological polar surface area (TPSA) is 78.1 Å². The Morgan fingerprint density at radius 3 is 2.58 bits per heavy atom. The average molecular weight is 425 g/mol. The number of Topliss-reactive ketones (excluding diaryl/α,β-unsaturated/α-hetero) is 1. The molecule has 1 aromatic carbocycles. The molecule has 6 nitrogen and oxygen atoms in total. The van der Waals surface area contributed by atoms with Crippen LogP contribution in [0.3, 0.4) is 0 Å². The third kappa shape index (κ3) is 7.94. The van der Waals surface area contributed by atoms with E-state index in [1.165, 1.54) is 19.3 Å². The number of rotatable bonds is 12. The molecular formula is C25H36N4O2. The summed E-state index contributed by atoms with van der Waals surface area (Å²) in [6.07, 6.45) is 10.4. The van der Waals surface area contributed by atoms with Gasteiger partial charge in [-0.05, 0) is 51.3 Å². The van der Waals surface area contributed by atoms with Gasteiger partial charge in [0.2, 0.25) is 5.91 Å². The molecule has 1 atom stereocenters. The van der Waals surface area contributed by atoms with Gasteiger partial charge in [-0.2, -0.15) is 0 Å². The van der Waals surface area contributed by atoms with Crippen LogP contribution in [-0.2, 0) is 9.59 Å². The Labute approximate surface area is 185 Å². The van der Waals surface area contributed by atoms with Crippen molar-refractivity contribution in [2.45, 2.75) is 70.8 Å². The van der Waals surface area contributed by atoms with Crippen LogP contribution in [0.1, 0.15) is 76.6 Å². The van der Waals surface area contributed by atoms with Crippen LogP contribution < -0.4 is 5.32 Å². The molecule has 3 rings (SSSR count). The summed E-state index contributed by atoms with van der Waals surface area (Å²) in [5, 5.41) is 3.21. The molecule has 1 saturated heterocycles. The lowest BCUT2D eigenvalue weighted by atomic mass is 10.1. The molecule has 2 N–H and O–H groups in total. The second kappa shape index (κ2) is 12.4. The van der Waals surface area contributed by atoms with E-state index in [0.29, 0.717) is 12.8 Å². The highest BCUT2D eigenvalue weighted by Crippen LogP contribution is 2.23. The van der Waals surface area contributed by atoms with Gasteiger partial charge in [-0.25, -0.2) is 4.98 Å². The van der Waals surface area contributed by atoms with Crippen LogP contribution in [0.5, 0.6) is 0 Å². The molecule has 1 amide bonds. The molecule has 1 fully saturated rings. The van der Waals surface area contributed by atoms with Crippen molar-refractivity contribution in [2.24, 2.45) is 0 Å². The number of aromatic nitrogens is 2. The van der Waals surface area contributed by atoms with Gasteiger partial charge >= 0.3 is 0 Å². The fourth-order valence-electron chi connectivity index (χ4n) is 4.16. The van der Waals surface area contributed by atoms with E-state index in [-0.39, 0.29) is 17.7 Å². The van der Waals surface area contributed by atoms with E-state index in [1.807, 2.05) is 36.5 Å². The minimum atomic E-state index is -0.136. The number of benzene rings is 1. The van der Waals surface area contributed by atoms with Crippen LogP contribution in [-0.4, -0.2) is 46.2 Å². The van der Waals surface area contributed by atoms with Crippen molar-refractivity contribution < 1.29 is 9.59 Å². The summed E-state index contributed by atoms with van der Waals surface area (Å²) in [6, 6.07) is 9.96. The highest BCUT2D eigenvalue weighted by atomic mass is 16.1. The zero-order chi connectivity index (χ0) is 21.9. The van der Waals surface area contributed by atoms with E-state index in [0.717, 1.165) is 62.4 Å². The fourth-order valence-corrected chi connectivity index (χ4v) is 4.16. The predicted molar refractivity (Wildman–Crippen MR) is 124 cm³/mol. The highest BCUT2D eigenvalue weighted by molar-refractivity contribution is 5.76. The van der Waals surface area contributed by atoms with Gasteiger partial charge in [0.15, 0.2) is 0 Å². The summed E-state index contributed by atoms with van der Waals surface area (Å²) in [4.78, 5) is 34.3. The Hall–Kier alpha value is -2.47. The van der Waals surface area contributed by atoms with Crippen molar-refractivity contribution in [2.75, 3.05) is 19.6 Å². The van der Waals surface area contributed by atoms with Gasteiger partial charge in [0, 0.05) is 19.4 Å². The van der Waals surface area contributed by atoms with Gasteiger partial charge in [-0.1, -0.05) is 49.6 Å². The minimum Gasteiger partial charge on any atom is -0.346 e. The van der Waals surface area contributed by atoms with Gasteiger partial charge in [-0.15, -0.1) is 0 Å². The fraction of sp³-hybridized carbons (Fsp3) is 0.560. The maximum atomic E-state index is 12.7. The van der Waals surface area contributed by atoms with Crippen molar-refractivity contribution >= 4 is 11.7 Å². The number of hydrogen-bond donors (Lipinski definition) is 2. The standard InChI is InChI=1S/C25H36N4O2/c1-20(30)11-5-2-8-14-22(27-24(31)15-18-29-16-9-4-10-17-29)25-26-19-23(28-25)21-12-6-3-7-13-21/h3,6-7,12-13,19,22H,2,4-5,8-11,14-18H2,1H3,(H,26,28)(H,27,31)/t22-/m0/s1. The van der Waals surface area contributed by atoms with E-state index in [9.17, 15) is 9.59 Å². The summed E-state index contributed by atoms with van der Waals surface area (Å²) in [5.74, 6) is 1.12. The molecule has 1 aliphatic heterocycles. The minimum absolute atomic E-state index is 0.0805. The Kier molecular flexibility index (Phi) is 9.28. The number of nitrogens with one attached hydrogen (secondary N) is 2. The number of carbonyl (C=O) groups excluding carboxylic acids is 2. The number of amides is 1. The largest absolute Gasteiger partial charge is 0.346 e. The van der Waals surface area contributed by atoms with Crippen LogP contribution >= 0.6 is 0 Å². The van der Waals surface area contributed by atoms with Crippen molar-refractivity contribution in [3.8, 4) is 11.3 Å². The number of piperidine rings is 1. The van der Waals surface area contributed by atoms with Crippen LogP contribution in [0.4, 0.5) is 0 Å². The Morgan fingerprint density at radius 1 is 1.06 bits per heavy atom. The first-order valence-corrected chi connectivity index (χ1v) is 11.7. The molecule has 2 aromatic rings. The summed E-state index contributed by atoms with van der Waals surface area (Å²) < 4.78 is 0. The average Bonchev–Trinajstić information content (AvgIpc) is 3.28. The van der Waals surface area contributed by atoms with E-state index in [4.69, 9.17) is 0 Å². The molecule has 1 aliphatic rings. The van der Waals surface area contributed by atoms with Crippen LogP contribution in [0.2, 0.25) is 0 Å². The SMILES string of the molecule is CC(=O)CCCCC[C@H](NC(=O)CCN1CCCCC1)c1ncc(-c2ccccc2)[nH]1. The summed E-state index contributed by atoms with van der Waals surface area (Å²) in [5.41, 5.74) is 2.04. The number of imidazole rings is 1. The van der Waals surface area contributed by atoms with Crippen molar-refractivity contribution in [1.82, 2.24) is 20.2 Å². The smallest absolute Gasteiger partial charge is 0.221 e. The number of H-pyrrole nitrogens is 1. The second-order valence-corrected chi connectivity index (χ2v) is 8.62. The molecular weight excluding hydrogens is 388 g/mol. The molecule has 0 unspecified atom stereocenters. The summed E-state index contributed by atoms with van der Waals surface area (Å²) >= 11 is 0. The van der Waals surface area contributed by atoms with Gasteiger partial charge in [0.1, 0.15) is 11.6 Å². The molecule has 1 aromatic heterocycles.